The zero-order valence-corrected chi connectivity index (χ0v) is 13.1. The number of hydrogen-bond donors (Lipinski definition) is 0. The minimum Gasteiger partial charge on any atom is -0.410 e. The fraction of sp³-hybridized carbons (Fsp3) is 0.0625. The van der Waals surface area contributed by atoms with E-state index in [0.717, 1.165) is 21.5 Å². The average Bonchev–Trinajstić information content (AvgIpc) is 3.24. The molecule has 0 bridgehead atoms. The van der Waals surface area contributed by atoms with Gasteiger partial charge in [0.15, 0.2) is 0 Å². The van der Waals surface area contributed by atoms with Crippen molar-refractivity contribution in [1.82, 2.24) is 15.2 Å². The molecule has 3 heterocycles. The van der Waals surface area contributed by atoms with Crippen LogP contribution in [0.4, 0.5) is 0 Å². The maximum Gasteiger partial charge on any atom is 0.277 e. The van der Waals surface area contributed by atoms with Gasteiger partial charge in [0.1, 0.15) is 0 Å². The molecular formula is C16H11N3OS2. The second kappa shape index (κ2) is 5.90. The van der Waals surface area contributed by atoms with Crippen molar-refractivity contribution in [3.8, 4) is 10.8 Å². The lowest BCUT2D eigenvalue weighted by molar-refractivity contribution is 0.467. The average molecular weight is 325 g/mol. The molecule has 4 nitrogen and oxygen atoms in total. The highest BCUT2D eigenvalue weighted by Gasteiger charge is 2.11. The molecule has 0 unspecified atom stereocenters. The third-order valence-electron chi connectivity index (χ3n) is 3.21. The minimum absolute atomic E-state index is 0.577. The minimum atomic E-state index is 0.577. The highest BCUT2D eigenvalue weighted by molar-refractivity contribution is 7.98. The van der Waals surface area contributed by atoms with Crippen molar-refractivity contribution in [2.45, 2.75) is 11.0 Å². The van der Waals surface area contributed by atoms with Gasteiger partial charge >= 0.3 is 0 Å². The van der Waals surface area contributed by atoms with Crippen LogP contribution in [0.1, 0.15) is 5.56 Å². The van der Waals surface area contributed by atoms with Crippen LogP contribution in [0.2, 0.25) is 0 Å². The Bertz CT molecular complexity index is 897. The van der Waals surface area contributed by atoms with Gasteiger partial charge in [-0.05, 0) is 23.1 Å². The molecule has 0 amide bonds. The third kappa shape index (κ3) is 2.63. The molecule has 4 rings (SSSR count). The summed E-state index contributed by atoms with van der Waals surface area (Å²) in [5, 5.41) is 11.9. The van der Waals surface area contributed by atoms with Crippen molar-refractivity contribution in [3.63, 3.8) is 0 Å². The molecule has 1 aromatic carbocycles. The van der Waals surface area contributed by atoms with E-state index in [1.165, 1.54) is 17.3 Å². The Morgan fingerprint density at radius 3 is 2.91 bits per heavy atom. The predicted octanol–water partition coefficient (Wildman–Crippen LogP) is 4.64. The molecule has 0 aliphatic rings. The normalized spacial score (nSPS) is 11.1. The number of nitrogens with zero attached hydrogens (tertiary/aromatic N) is 3. The Balaban J connectivity index is 1.55. The third-order valence-corrected chi connectivity index (χ3v) is 4.93. The van der Waals surface area contributed by atoms with Crippen LogP contribution in [-0.2, 0) is 5.75 Å². The number of thiophene rings is 1. The van der Waals surface area contributed by atoms with Crippen LogP contribution in [0.3, 0.4) is 0 Å². The summed E-state index contributed by atoms with van der Waals surface area (Å²) >= 11 is 3.12. The molecule has 108 valence electrons. The van der Waals surface area contributed by atoms with Crippen molar-refractivity contribution in [2.24, 2.45) is 0 Å². The van der Waals surface area contributed by atoms with E-state index in [9.17, 15) is 0 Å². The summed E-state index contributed by atoms with van der Waals surface area (Å²) in [5.74, 6) is 1.33. The highest BCUT2D eigenvalue weighted by atomic mass is 32.2. The van der Waals surface area contributed by atoms with Crippen LogP contribution >= 0.6 is 23.1 Å². The summed E-state index contributed by atoms with van der Waals surface area (Å²) in [6.07, 6.45) is 1.82. The number of aromatic nitrogens is 3. The molecule has 0 saturated carbocycles. The SMILES string of the molecule is c1csc(-c2nnc(SCc3cccc4cccnc34)o2)c1. The molecule has 0 spiro atoms. The topological polar surface area (TPSA) is 51.8 Å². The first-order chi connectivity index (χ1) is 10.9. The smallest absolute Gasteiger partial charge is 0.277 e. The van der Waals surface area contributed by atoms with Gasteiger partial charge in [0.2, 0.25) is 0 Å². The van der Waals surface area contributed by atoms with Gasteiger partial charge in [-0.15, -0.1) is 21.5 Å². The van der Waals surface area contributed by atoms with Gasteiger partial charge in [-0.25, -0.2) is 0 Å². The Morgan fingerprint density at radius 2 is 2.00 bits per heavy atom. The summed E-state index contributed by atoms with van der Waals surface area (Å²) in [6, 6.07) is 14.2. The number of fused-ring (bicyclic) bond motifs is 1. The summed E-state index contributed by atoms with van der Waals surface area (Å²) in [7, 11) is 0. The van der Waals surface area contributed by atoms with E-state index < -0.39 is 0 Å². The van der Waals surface area contributed by atoms with Gasteiger partial charge in [-0.3, -0.25) is 4.98 Å². The molecule has 4 aromatic rings. The lowest BCUT2D eigenvalue weighted by Crippen LogP contribution is -1.86. The Hall–Kier alpha value is -2.18. The molecule has 0 atom stereocenters. The first-order valence-electron chi connectivity index (χ1n) is 6.73. The van der Waals surface area contributed by atoms with E-state index in [0.29, 0.717) is 11.1 Å². The quantitative estimate of drug-likeness (QED) is 0.512. The van der Waals surface area contributed by atoms with Crippen LogP contribution < -0.4 is 0 Å². The monoisotopic (exact) mass is 325 g/mol. The van der Waals surface area contributed by atoms with Crippen molar-refractivity contribution in [1.29, 1.82) is 0 Å². The van der Waals surface area contributed by atoms with Gasteiger partial charge in [0, 0.05) is 17.3 Å². The van der Waals surface area contributed by atoms with Gasteiger partial charge < -0.3 is 4.42 Å². The number of para-hydroxylation sites is 1. The number of hydrogen-bond acceptors (Lipinski definition) is 6. The van der Waals surface area contributed by atoms with Crippen molar-refractivity contribution in [2.75, 3.05) is 0 Å². The number of pyridine rings is 1. The lowest BCUT2D eigenvalue weighted by Gasteiger charge is -2.03. The van der Waals surface area contributed by atoms with E-state index in [1.807, 2.05) is 35.8 Å². The molecule has 0 radical (unpaired) electrons. The Morgan fingerprint density at radius 1 is 1.05 bits per heavy atom. The molecule has 0 aliphatic heterocycles. The molecule has 0 saturated heterocycles. The van der Waals surface area contributed by atoms with E-state index >= 15 is 0 Å². The molecular weight excluding hydrogens is 314 g/mol. The second-order valence-corrected chi connectivity index (χ2v) is 6.51. The fourth-order valence-electron chi connectivity index (χ4n) is 2.19. The fourth-order valence-corrected chi connectivity index (χ4v) is 3.58. The first kappa shape index (κ1) is 13.5. The molecule has 6 heteroatoms. The first-order valence-corrected chi connectivity index (χ1v) is 8.59. The zero-order chi connectivity index (χ0) is 14.8. The van der Waals surface area contributed by atoms with E-state index in [4.69, 9.17) is 4.42 Å². The van der Waals surface area contributed by atoms with Crippen LogP contribution in [0.25, 0.3) is 21.7 Å². The van der Waals surface area contributed by atoms with E-state index in [-0.39, 0.29) is 0 Å². The highest BCUT2D eigenvalue weighted by Crippen LogP contribution is 2.29. The maximum atomic E-state index is 5.69. The number of benzene rings is 1. The predicted molar refractivity (Wildman–Crippen MR) is 88.9 cm³/mol. The van der Waals surface area contributed by atoms with E-state index in [2.05, 4.69) is 33.4 Å². The van der Waals surface area contributed by atoms with Crippen LogP contribution in [0.15, 0.2) is 63.7 Å². The van der Waals surface area contributed by atoms with E-state index in [1.54, 1.807) is 11.3 Å². The van der Waals surface area contributed by atoms with Gasteiger partial charge in [0.05, 0.1) is 10.4 Å². The van der Waals surface area contributed by atoms with Crippen LogP contribution in [-0.4, -0.2) is 15.2 Å². The number of thioether (sulfide) groups is 1. The summed E-state index contributed by atoms with van der Waals surface area (Å²) in [4.78, 5) is 5.45. The molecule has 0 fully saturated rings. The summed E-state index contributed by atoms with van der Waals surface area (Å²) < 4.78 is 5.69. The van der Waals surface area contributed by atoms with Gasteiger partial charge in [-0.2, -0.15) is 0 Å². The molecule has 3 aromatic heterocycles. The largest absolute Gasteiger partial charge is 0.410 e. The standard InChI is InChI=1S/C16H11N3OS2/c1-4-11-6-2-8-17-14(11)12(5-1)10-22-16-19-18-15(20-16)13-7-3-9-21-13/h1-9H,10H2. The summed E-state index contributed by atoms with van der Waals surface area (Å²) in [5.41, 5.74) is 2.19. The zero-order valence-electron chi connectivity index (χ0n) is 11.5. The number of rotatable bonds is 4. The Kier molecular flexibility index (Phi) is 3.62. The molecule has 0 N–H and O–H groups in total. The van der Waals surface area contributed by atoms with Crippen molar-refractivity contribution in [3.05, 3.63) is 59.6 Å². The van der Waals surface area contributed by atoms with Crippen molar-refractivity contribution < 1.29 is 4.42 Å². The van der Waals surface area contributed by atoms with Crippen molar-refractivity contribution >= 4 is 34.0 Å². The summed E-state index contributed by atoms with van der Waals surface area (Å²) in [6.45, 7) is 0. The lowest BCUT2D eigenvalue weighted by atomic mass is 10.1. The van der Waals surface area contributed by atoms with Gasteiger partial charge in [-0.1, -0.05) is 42.1 Å². The molecule has 22 heavy (non-hydrogen) atoms. The maximum absolute atomic E-state index is 5.69. The van der Waals surface area contributed by atoms with Gasteiger partial charge in [0.25, 0.3) is 11.1 Å². The van der Waals surface area contributed by atoms with Crippen LogP contribution in [0, 0.1) is 0 Å². The Labute approximate surface area is 135 Å². The second-order valence-electron chi connectivity index (χ2n) is 4.63. The molecule has 0 aliphatic carbocycles. The van der Waals surface area contributed by atoms with Crippen LogP contribution in [0.5, 0.6) is 0 Å².